The molecule has 5 aliphatic rings. The van der Waals surface area contributed by atoms with Crippen LogP contribution in [0.5, 0.6) is 0 Å². The van der Waals surface area contributed by atoms with Gasteiger partial charge in [0.15, 0.2) is 0 Å². The first-order valence-electron chi connectivity index (χ1n) is 14.7. The number of esters is 1. The van der Waals surface area contributed by atoms with Crippen LogP contribution in [0, 0.1) is 56.7 Å². The predicted octanol–water partition coefficient (Wildman–Crippen LogP) is 7.66. The molecule has 36 heavy (non-hydrogen) atoms. The van der Waals surface area contributed by atoms with Crippen molar-refractivity contribution in [2.45, 2.75) is 119 Å². The molecule has 0 spiro atoms. The molecule has 202 valence electrons. The lowest BCUT2D eigenvalue weighted by molar-refractivity contribution is -0.250. The number of carboxylic acid groups (broad SMARTS) is 1. The Hall–Kier alpha value is -1.32. The third-order valence-corrected chi connectivity index (χ3v) is 13.7. The van der Waals surface area contributed by atoms with Gasteiger partial charge in [-0.1, -0.05) is 46.8 Å². The van der Waals surface area contributed by atoms with Crippen molar-refractivity contribution < 1.29 is 19.4 Å². The van der Waals surface area contributed by atoms with Gasteiger partial charge < -0.3 is 9.84 Å². The highest BCUT2D eigenvalue weighted by Crippen LogP contribution is 2.77. The summed E-state index contributed by atoms with van der Waals surface area (Å²) >= 11 is 0. The third kappa shape index (κ3) is 3.17. The van der Waals surface area contributed by atoms with Crippen LogP contribution in [0.1, 0.15) is 113 Å². The van der Waals surface area contributed by atoms with E-state index < -0.39 is 11.4 Å². The molecule has 10 atom stereocenters. The van der Waals surface area contributed by atoms with Crippen LogP contribution in [0.3, 0.4) is 0 Å². The molecule has 5 aliphatic carbocycles. The summed E-state index contributed by atoms with van der Waals surface area (Å²) in [5, 5.41) is 10.5. The quantitative estimate of drug-likeness (QED) is 0.320. The summed E-state index contributed by atoms with van der Waals surface area (Å²) in [5.74, 6) is 1.49. The molecule has 0 aliphatic heterocycles. The number of rotatable bonds is 3. The molecule has 0 heterocycles. The van der Waals surface area contributed by atoms with Crippen molar-refractivity contribution in [1.29, 1.82) is 0 Å². The number of hydrogen-bond acceptors (Lipinski definition) is 3. The molecule has 4 heteroatoms. The number of carboxylic acids is 1. The van der Waals surface area contributed by atoms with Gasteiger partial charge in [0.25, 0.3) is 0 Å². The number of carbonyl (C=O) groups excluding carboxylic acids is 1. The summed E-state index contributed by atoms with van der Waals surface area (Å²) in [6.07, 6.45) is 10.5. The Bertz CT molecular complexity index is 967. The molecule has 0 radical (unpaired) electrons. The first-order valence-corrected chi connectivity index (χ1v) is 14.7. The maximum absolute atomic E-state index is 12.8. The van der Waals surface area contributed by atoms with Crippen molar-refractivity contribution in [2.75, 3.05) is 0 Å². The fourth-order valence-electron chi connectivity index (χ4n) is 11.9. The van der Waals surface area contributed by atoms with E-state index in [-0.39, 0.29) is 39.7 Å². The van der Waals surface area contributed by atoms with E-state index in [2.05, 4.69) is 48.1 Å². The molecule has 5 saturated carbocycles. The van der Waals surface area contributed by atoms with E-state index in [1.165, 1.54) is 24.8 Å². The lowest BCUT2D eigenvalue weighted by atomic mass is 9.32. The molecular weight excluding hydrogens is 448 g/mol. The van der Waals surface area contributed by atoms with Crippen molar-refractivity contribution in [2.24, 2.45) is 56.7 Å². The maximum atomic E-state index is 12.8. The van der Waals surface area contributed by atoms with Crippen LogP contribution in [0.4, 0.5) is 0 Å². The first kappa shape index (κ1) is 26.3. The standard InChI is InChI=1S/C32H50O4/c1-19(2)21-11-16-32(27(34)35)18-17-30(7)22(26(21)32)9-10-24-29(6)14-13-25(36-20(3)33)28(4,5)23(29)12-15-31(24,30)8/h21-26H,1,9-18H2,2-8H3,(H,34,35)/t21-,22+,23-,24-,25+,26+,29-,30+,31+,32-/m0/s1. The topological polar surface area (TPSA) is 63.6 Å². The first-order chi connectivity index (χ1) is 16.6. The Morgan fingerprint density at radius 1 is 0.806 bits per heavy atom. The van der Waals surface area contributed by atoms with E-state index in [9.17, 15) is 14.7 Å². The number of aliphatic carboxylic acids is 1. The summed E-state index contributed by atoms with van der Waals surface area (Å²) in [7, 11) is 0. The predicted molar refractivity (Wildman–Crippen MR) is 142 cm³/mol. The van der Waals surface area contributed by atoms with E-state index in [1.807, 2.05) is 0 Å². The SMILES string of the molecule is C=C(C)[C@@H]1CC[C@]2(C(=O)O)CC[C@]3(C)[C@H](CC[C@H]4[C@@]5(C)CC[C@@H](OC(C)=O)C(C)(C)[C@@H]5CC[C@]43C)[C@@H]12. The smallest absolute Gasteiger partial charge is 0.309 e. The highest BCUT2D eigenvalue weighted by molar-refractivity contribution is 5.76. The molecule has 0 bridgehead atoms. The van der Waals surface area contributed by atoms with Crippen molar-refractivity contribution in [3.05, 3.63) is 12.2 Å². The normalized spacial score (nSPS) is 51.2. The van der Waals surface area contributed by atoms with Crippen molar-refractivity contribution in [1.82, 2.24) is 0 Å². The van der Waals surface area contributed by atoms with Crippen molar-refractivity contribution in [3.63, 3.8) is 0 Å². The van der Waals surface area contributed by atoms with Gasteiger partial charge in [-0.25, -0.2) is 0 Å². The average molecular weight is 499 g/mol. The van der Waals surface area contributed by atoms with Crippen LogP contribution in [-0.2, 0) is 14.3 Å². The van der Waals surface area contributed by atoms with Crippen LogP contribution in [0.15, 0.2) is 12.2 Å². The zero-order chi connectivity index (χ0) is 26.5. The van der Waals surface area contributed by atoms with Gasteiger partial charge in [-0.3, -0.25) is 9.59 Å². The van der Waals surface area contributed by atoms with Crippen LogP contribution in [0.2, 0.25) is 0 Å². The number of fused-ring (bicyclic) bond motifs is 7. The van der Waals surface area contributed by atoms with E-state index >= 15 is 0 Å². The zero-order valence-corrected chi connectivity index (χ0v) is 23.9. The van der Waals surface area contributed by atoms with Gasteiger partial charge >= 0.3 is 11.9 Å². The summed E-state index contributed by atoms with van der Waals surface area (Å²) in [4.78, 5) is 24.7. The van der Waals surface area contributed by atoms with Gasteiger partial charge in [0.1, 0.15) is 6.10 Å². The molecule has 0 aromatic heterocycles. The lowest BCUT2D eigenvalue weighted by Crippen LogP contribution is -2.67. The Morgan fingerprint density at radius 2 is 1.50 bits per heavy atom. The second-order valence-electron chi connectivity index (χ2n) is 15.1. The average Bonchev–Trinajstić information content (AvgIpc) is 3.17. The van der Waals surface area contributed by atoms with E-state index in [4.69, 9.17) is 4.74 Å². The van der Waals surface area contributed by atoms with E-state index in [0.717, 1.165) is 44.9 Å². The Kier molecular flexibility index (Phi) is 5.91. The largest absolute Gasteiger partial charge is 0.481 e. The molecule has 1 N–H and O–H groups in total. The van der Waals surface area contributed by atoms with Gasteiger partial charge in [0, 0.05) is 12.3 Å². The summed E-state index contributed by atoms with van der Waals surface area (Å²) < 4.78 is 5.88. The van der Waals surface area contributed by atoms with Crippen LogP contribution in [0.25, 0.3) is 0 Å². The number of hydrogen-bond donors (Lipinski definition) is 1. The van der Waals surface area contributed by atoms with Gasteiger partial charge in [0.05, 0.1) is 5.41 Å². The van der Waals surface area contributed by atoms with Crippen molar-refractivity contribution in [3.8, 4) is 0 Å². The van der Waals surface area contributed by atoms with Gasteiger partial charge in [-0.05, 0) is 117 Å². The molecule has 0 aromatic rings. The fraction of sp³-hybridized carbons (Fsp3) is 0.875. The minimum atomic E-state index is -0.553. The van der Waals surface area contributed by atoms with E-state index in [1.54, 1.807) is 6.92 Å². The molecule has 0 saturated heterocycles. The summed E-state index contributed by atoms with van der Waals surface area (Å²) in [5.41, 5.74) is 1.20. The monoisotopic (exact) mass is 498 g/mol. The Labute approximate surface area is 219 Å². The summed E-state index contributed by atoms with van der Waals surface area (Å²) in [6, 6.07) is 0. The van der Waals surface area contributed by atoms with Crippen LogP contribution < -0.4 is 0 Å². The van der Waals surface area contributed by atoms with Gasteiger partial charge in [0.2, 0.25) is 0 Å². The van der Waals surface area contributed by atoms with Crippen LogP contribution >= 0.6 is 0 Å². The second kappa shape index (κ2) is 8.09. The highest BCUT2D eigenvalue weighted by atomic mass is 16.5. The third-order valence-electron chi connectivity index (χ3n) is 13.7. The molecule has 5 rings (SSSR count). The van der Waals surface area contributed by atoms with Gasteiger partial charge in [-0.15, -0.1) is 0 Å². The molecule has 0 unspecified atom stereocenters. The molecular formula is C32H50O4. The number of ether oxygens (including phenoxy) is 1. The molecule has 5 fully saturated rings. The van der Waals surface area contributed by atoms with Crippen molar-refractivity contribution >= 4 is 11.9 Å². The van der Waals surface area contributed by atoms with Crippen LogP contribution in [-0.4, -0.2) is 23.1 Å². The minimum Gasteiger partial charge on any atom is -0.481 e. The summed E-state index contributed by atoms with van der Waals surface area (Å²) in [6.45, 7) is 20.4. The Morgan fingerprint density at radius 3 is 2.11 bits per heavy atom. The molecule has 0 aromatic carbocycles. The second-order valence-corrected chi connectivity index (χ2v) is 15.1. The van der Waals surface area contributed by atoms with Gasteiger partial charge in [-0.2, -0.15) is 0 Å². The lowest BCUT2D eigenvalue weighted by Gasteiger charge is -2.72. The number of allylic oxidation sites excluding steroid dienone is 1. The zero-order valence-electron chi connectivity index (χ0n) is 23.9. The molecule has 4 nitrogen and oxygen atoms in total. The Balaban J connectivity index is 1.52. The minimum absolute atomic E-state index is 0.00466. The number of carbonyl (C=O) groups is 2. The van der Waals surface area contributed by atoms with E-state index in [0.29, 0.717) is 23.7 Å². The molecule has 0 amide bonds. The maximum Gasteiger partial charge on any atom is 0.309 e. The fourth-order valence-corrected chi connectivity index (χ4v) is 11.9. The highest BCUT2D eigenvalue weighted by Gasteiger charge is 2.72.